The van der Waals surface area contributed by atoms with Gasteiger partial charge in [0.05, 0.1) is 0 Å². The van der Waals surface area contributed by atoms with E-state index in [-0.39, 0.29) is 30.0 Å². The van der Waals surface area contributed by atoms with Gasteiger partial charge in [0.2, 0.25) is 11.7 Å². The number of anilines is 2. The summed E-state index contributed by atoms with van der Waals surface area (Å²) in [6.45, 7) is 3.21. The van der Waals surface area contributed by atoms with E-state index >= 15 is 0 Å². The number of ether oxygens (including phenoxy) is 2. The van der Waals surface area contributed by atoms with Gasteiger partial charge in [-0.2, -0.15) is 0 Å². The fraction of sp³-hybridized carbons (Fsp3) is 0.261. The number of esters is 1. The Balaban J connectivity index is 1.50. The highest BCUT2D eigenvalue weighted by Crippen LogP contribution is 2.32. The summed E-state index contributed by atoms with van der Waals surface area (Å²) in [6, 6.07) is 16.7. The Morgan fingerprint density at radius 1 is 1.13 bits per heavy atom. The molecule has 30 heavy (non-hydrogen) atoms. The fourth-order valence-electron chi connectivity index (χ4n) is 3.73. The summed E-state index contributed by atoms with van der Waals surface area (Å²) in [6.07, 6.45) is -0.310. The van der Waals surface area contributed by atoms with Crippen LogP contribution < -0.4 is 10.2 Å². The normalized spacial score (nSPS) is 18.7. The molecule has 0 radical (unpaired) electrons. The second-order valence-corrected chi connectivity index (χ2v) is 7.34. The molecule has 1 N–H and O–H groups in total. The molecule has 0 fully saturated rings. The van der Waals surface area contributed by atoms with E-state index in [2.05, 4.69) is 5.32 Å². The Morgan fingerprint density at radius 2 is 1.83 bits per heavy atom. The van der Waals surface area contributed by atoms with Crippen molar-refractivity contribution >= 4 is 29.0 Å². The highest BCUT2D eigenvalue weighted by atomic mass is 16.6. The molecule has 0 aliphatic carbocycles. The number of ketones is 1. The Labute approximate surface area is 174 Å². The molecule has 1 amide bonds. The van der Waals surface area contributed by atoms with Crippen molar-refractivity contribution in [2.45, 2.75) is 32.4 Å². The molecule has 2 aromatic rings. The van der Waals surface area contributed by atoms with E-state index in [1.807, 2.05) is 49.4 Å². The van der Waals surface area contributed by atoms with Crippen molar-refractivity contribution < 1.29 is 23.9 Å². The quantitative estimate of drug-likeness (QED) is 0.607. The number of rotatable bonds is 5. The summed E-state index contributed by atoms with van der Waals surface area (Å²) in [7, 11) is 0. The van der Waals surface area contributed by atoms with Crippen LogP contribution >= 0.6 is 0 Å². The number of carbonyl (C=O) groups is 3. The molecule has 7 nitrogen and oxygen atoms in total. The van der Waals surface area contributed by atoms with E-state index in [4.69, 9.17) is 9.47 Å². The zero-order chi connectivity index (χ0) is 21.3. The van der Waals surface area contributed by atoms with E-state index in [1.165, 1.54) is 6.92 Å². The molecule has 0 saturated heterocycles. The molecular weight excluding hydrogens is 384 g/mol. The lowest BCUT2D eigenvalue weighted by Crippen LogP contribution is -2.43. The number of carbonyl (C=O) groups excluding carboxylic acids is 3. The summed E-state index contributed by atoms with van der Waals surface area (Å²) in [5.74, 6) is -1.66. The van der Waals surface area contributed by atoms with Gasteiger partial charge in [-0.25, -0.2) is 4.79 Å². The Kier molecular flexibility index (Phi) is 5.27. The van der Waals surface area contributed by atoms with Gasteiger partial charge in [0.15, 0.2) is 18.3 Å². The molecule has 2 heterocycles. The topological polar surface area (TPSA) is 84.9 Å². The van der Waals surface area contributed by atoms with Crippen molar-refractivity contribution in [1.82, 2.24) is 0 Å². The lowest BCUT2D eigenvalue weighted by Gasteiger charge is -2.26. The first-order chi connectivity index (χ1) is 14.5. The summed E-state index contributed by atoms with van der Waals surface area (Å²) >= 11 is 0. The van der Waals surface area contributed by atoms with Crippen LogP contribution in [0.1, 0.15) is 19.4 Å². The molecule has 0 saturated carbocycles. The zero-order valence-corrected chi connectivity index (χ0v) is 16.8. The molecule has 0 aromatic heterocycles. The molecule has 2 atom stereocenters. The molecule has 2 aliphatic rings. The van der Waals surface area contributed by atoms with Crippen LogP contribution in [0.25, 0.3) is 0 Å². The molecule has 154 valence electrons. The van der Waals surface area contributed by atoms with E-state index in [1.54, 1.807) is 17.0 Å². The molecule has 2 aliphatic heterocycles. The van der Waals surface area contributed by atoms with Gasteiger partial charge in [-0.15, -0.1) is 0 Å². The first-order valence-corrected chi connectivity index (χ1v) is 9.80. The van der Waals surface area contributed by atoms with Gasteiger partial charge >= 0.3 is 5.97 Å². The third-order valence-electron chi connectivity index (χ3n) is 5.17. The van der Waals surface area contributed by atoms with Crippen LogP contribution in [0.3, 0.4) is 0 Å². The van der Waals surface area contributed by atoms with E-state index < -0.39 is 17.9 Å². The number of hydrogen-bond acceptors (Lipinski definition) is 6. The van der Waals surface area contributed by atoms with Gasteiger partial charge < -0.3 is 19.7 Å². The molecular formula is C23H22N2O5. The van der Waals surface area contributed by atoms with Crippen LogP contribution in [0.5, 0.6) is 0 Å². The van der Waals surface area contributed by atoms with Gasteiger partial charge in [0, 0.05) is 17.4 Å². The Hall–Kier alpha value is -3.61. The lowest BCUT2D eigenvalue weighted by atomic mass is 10.1. The van der Waals surface area contributed by atoms with E-state index in [0.717, 1.165) is 17.7 Å². The maximum absolute atomic E-state index is 13.0. The molecule has 2 aromatic carbocycles. The Morgan fingerprint density at radius 3 is 2.60 bits per heavy atom. The lowest BCUT2D eigenvalue weighted by molar-refractivity contribution is -0.150. The molecule has 7 heteroatoms. The first-order valence-electron chi connectivity index (χ1n) is 9.80. The maximum atomic E-state index is 13.0. The van der Waals surface area contributed by atoms with Crippen LogP contribution in [-0.2, 0) is 30.3 Å². The second-order valence-electron chi connectivity index (χ2n) is 7.34. The number of Topliss-reactive ketones (excluding diaryl/α,β-unsaturated/α-hetero) is 1. The fourth-order valence-corrected chi connectivity index (χ4v) is 3.73. The number of para-hydroxylation sites is 2. The van der Waals surface area contributed by atoms with Gasteiger partial charge in [0.1, 0.15) is 0 Å². The smallest absolute Gasteiger partial charge is 0.348 e. The van der Waals surface area contributed by atoms with Gasteiger partial charge in [-0.05, 0) is 44.0 Å². The van der Waals surface area contributed by atoms with Crippen molar-refractivity contribution in [1.29, 1.82) is 0 Å². The average molecular weight is 406 g/mol. The van der Waals surface area contributed by atoms with E-state index in [9.17, 15) is 14.4 Å². The minimum atomic E-state index is -1.05. The third kappa shape index (κ3) is 3.66. The van der Waals surface area contributed by atoms with Gasteiger partial charge in [-0.3, -0.25) is 9.59 Å². The molecule has 4 rings (SSSR count). The van der Waals surface area contributed by atoms with Crippen molar-refractivity contribution in [3.05, 3.63) is 71.6 Å². The number of nitrogens with one attached hydrogen (secondary N) is 1. The Bertz CT molecular complexity index is 1030. The number of fused-ring (bicyclic) bond motifs is 1. The predicted octanol–water partition coefficient (Wildman–Crippen LogP) is 2.82. The highest BCUT2D eigenvalue weighted by molar-refractivity contribution is 6.20. The number of hydrogen-bond donors (Lipinski definition) is 1. The molecule has 0 bridgehead atoms. The summed E-state index contributed by atoms with van der Waals surface area (Å²) < 4.78 is 10.7. The van der Waals surface area contributed by atoms with Crippen LogP contribution in [0.4, 0.5) is 11.4 Å². The summed E-state index contributed by atoms with van der Waals surface area (Å²) in [4.78, 5) is 39.6. The summed E-state index contributed by atoms with van der Waals surface area (Å²) in [5, 5.41) is 2.92. The van der Waals surface area contributed by atoms with Crippen LogP contribution in [-0.4, -0.2) is 36.4 Å². The highest BCUT2D eigenvalue weighted by Gasteiger charge is 2.37. The van der Waals surface area contributed by atoms with Crippen LogP contribution in [0, 0.1) is 0 Å². The molecule has 0 spiro atoms. The van der Waals surface area contributed by atoms with Gasteiger partial charge in [-0.1, -0.05) is 36.4 Å². The second kappa shape index (κ2) is 8.02. The third-order valence-corrected chi connectivity index (χ3v) is 5.17. The SMILES string of the molecule is C[C@H](OC(=O)C1=C(Nc2ccccc2)OCC1=O)C(=O)N1c2ccccc2C[C@H]1C. The van der Waals surface area contributed by atoms with Gasteiger partial charge in [0.25, 0.3) is 5.91 Å². The number of benzene rings is 2. The largest absolute Gasteiger partial charge is 0.470 e. The van der Waals surface area contributed by atoms with Crippen molar-refractivity contribution in [2.24, 2.45) is 0 Å². The molecule has 0 unspecified atom stereocenters. The van der Waals surface area contributed by atoms with Crippen LogP contribution in [0.15, 0.2) is 66.1 Å². The standard InChI is InChI=1S/C23H22N2O5/c1-14-12-16-8-6-7-11-18(16)25(14)22(27)15(2)30-23(28)20-19(26)13-29-21(20)24-17-9-4-3-5-10-17/h3-11,14-15,24H,12-13H2,1-2H3/t14-,15+/m1/s1. The predicted molar refractivity (Wildman–Crippen MR) is 111 cm³/mol. The van der Waals surface area contributed by atoms with Crippen LogP contribution in [0.2, 0.25) is 0 Å². The minimum Gasteiger partial charge on any atom is -0.470 e. The monoisotopic (exact) mass is 406 g/mol. The maximum Gasteiger partial charge on any atom is 0.348 e. The zero-order valence-electron chi connectivity index (χ0n) is 16.8. The average Bonchev–Trinajstić information content (AvgIpc) is 3.26. The van der Waals surface area contributed by atoms with Crippen molar-refractivity contribution in [2.75, 3.05) is 16.8 Å². The summed E-state index contributed by atoms with van der Waals surface area (Å²) in [5.41, 5.74) is 2.35. The first kappa shape index (κ1) is 19.7. The number of nitrogens with zero attached hydrogens (tertiary/aromatic N) is 1. The van der Waals surface area contributed by atoms with E-state index in [0.29, 0.717) is 5.69 Å². The van der Waals surface area contributed by atoms with Crippen molar-refractivity contribution in [3.8, 4) is 0 Å². The minimum absolute atomic E-state index is 0.0377. The number of amides is 1. The van der Waals surface area contributed by atoms with Crippen molar-refractivity contribution in [3.63, 3.8) is 0 Å².